The van der Waals surface area contributed by atoms with Crippen molar-refractivity contribution in [1.82, 2.24) is 39.8 Å². The number of aromatic nitrogens is 5. The number of halogens is 1. The Morgan fingerprint density at radius 1 is 1.06 bits per heavy atom. The highest BCUT2D eigenvalue weighted by Crippen LogP contribution is 2.60. The van der Waals surface area contributed by atoms with Crippen molar-refractivity contribution in [2.24, 2.45) is 5.41 Å². The van der Waals surface area contributed by atoms with Crippen LogP contribution in [0.25, 0.3) is 22.0 Å². The number of ether oxygens (including phenoxy) is 1. The van der Waals surface area contributed by atoms with Gasteiger partial charge in [0.15, 0.2) is 5.78 Å². The van der Waals surface area contributed by atoms with Gasteiger partial charge in [0.2, 0.25) is 23.6 Å². The largest absolute Gasteiger partial charge is 0.373 e. The molecule has 15 nitrogen and oxygen atoms in total. The molecule has 3 aromatic heterocycles. The van der Waals surface area contributed by atoms with Crippen molar-refractivity contribution >= 4 is 62.1 Å². The fraction of sp³-hybridized carbons (Fsp3) is 0.395. The zero-order chi connectivity index (χ0) is 38.3. The van der Waals surface area contributed by atoms with Gasteiger partial charge in [-0.2, -0.15) is 5.10 Å². The molecule has 0 unspecified atom stereocenters. The molecule has 3 aliphatic rings. The van der Waals surface area contributed by atoms with Crippen LogP contribution in [0.4, 0.5) is 5.82 Å². The fourth-order valence-corrected chi connectivity index (χ4v) is 7.95. The standard InChI is InChI=1S/C38H40BrN9O6/c1-21(49)34-27-13-24(26-16-40-22(2)41-17-26)8-10-29(27)47(45-34)18-33(51)48-30-14-38(15-31(38)48)20-46(4)37(53)28(42-23(3)50)7-5-6-12-54-19-25-9-11-32(39)43-35(25)44-36(30)52/h5-6,8-11,13,16-17,28,30-31H,7,12,14-15,18-20H2,1-4H3,(H,42,50)(H,43,44,52)/b6-5+/t28-,30-,31+,38-/m0/s1. The van der Waals surface area contributed by atoms with Gasteiger partial charge in [-0.1, -0.05) is 24.3 Å². The molecular formula is C38H40BrN9O6. The molecule has 1 spiro atoms. The van der Waals surface area contributed by atoms with Crippen LogP contribution in [0.15, 0.2) is 59.5 Å². The summed E-state index contributed by atoms with van der Waals surface area (Å²) in [5.41, 5.74) is 2.46. The van der Waals surface area contributed by atoms with E-state index in [4.69, 9.17) is 4.74 Å². The number of amides is 4. The zero-order valence-electron chi connectivity index (χ0n) is 30.3. The normalized spacial score (nSPS) is 23.6. The average molecular weight is 799 g/mol. The summed E-state index contributed by atoms with van der Waals surface area (Å²) >= 11 is 3.40. The minimum Gasteiger partial charge on any atom is -0.373 e. The molecular weight excluding hydrogens is 758 g/mol. The van der Waals surface area contributed by atoms with E-state index in [1.54, 1.807) is 60.4 Å². The molecule has 7 rings (SSSR count). The maximum atomic E-state index is 14.5. The van der Waals surface area contributed by atoms with Crippen LogP contribution in [0.1, 0.15) is 55.0 Å². The highest BCUT2D eigenvalue weighted by molar-refractivity contribution is 9.10. The van der Waals surface area contributed by atoms with Gasteiger partial charge in [0.25, 0.3) is 0 Å². The smallest absolute Gasteiger partial charge is 0.248 e. The summed E-state index contributed by atoms with van der Waals surface area (Å²) in [4.78, 5) is 83.5. The zero-order valence-corrected chi connectivity index (χ0v) is 31.9. The van der Waals surface area contributed by atoms with Gasteiger partial charge in [-0.25, -0.2) is 15.0 Å². The number of nitrogens with zero attached hydrogens (tertiary/aromatic N) is 7. The third-order valence-electron chi connectivity index (χ3n) is 10.3. The number of likely N-dealkylation sites (tertiary alicyclic amines) is 1. The summed E-state index contributed by atoms with van der Waals surface area (Å²) in [5.74, 6) is -0.697. The molecule has 280 valence electrons. The summed E-state index contributed by atoms with van der Waals surface area (Å²) in [6.07, 6.45) is 8.15. The number of carbonyl (C=O) groups excluding carboxylic acids is 5. The number of hydrogen-bond acceptors (Lipinski definition) is 10. The molecule has 2 N–H and O–H groups in total. The Balaban J connectivity index is 1.22. The molecule has 1 aromatic carbocycles. The number of pyridine rings is 1. The number of anilines is 1. The van der Waals surface area contributed by atoms with E-state index in [0.29, 0.717) is 45.6 Å². The number of likely N-dealkylation sites (N-methyl/N-ethyl adjacent to an activating group) is 1. The third-order valence-corrected chi connectivity index (χ3v) is 10.7. The Morgan fingerprint density at radius 3 is 2.57 bits per heavy atom. The summed E-state index contributed by atoms with van der Waals surface area (Å²) in [5, 5.41) is 10.9. The molecule has 2 fully saturated rings. The van der Waals surface area contributed by atoms with E-state index in [-0.39, 0.29) is 68.0 Å². The second kappa shape index (κ2) is 14.8. The maximum absolute atomic E-state index is 14.5. The molecule has 4 atom stereocenters. The Bertz CT molecular complexity index is 2200. The van der Waals surface area contributed by atoms with E-state index in [1.165, 1.54) is 18.5 Å². The molecule has 2 bridgehead atoms. The lowest BCUT2D eigenvalue weighted by Crippen LogP contribution is -2.48. The molecule has 4 amide bonds. The van der Waals surface area contributed by atoms with Gasteiger partial charge in [-0.3, -0.25) is 28.7 Å². The lowest BCUT2D eigenvalue weighted by atomic mass is 9.97. The quantitative estimate of drug-likeness (QED) is 0.172. The number of carbonyl (C=O) groups is 5. The second-order valence-corrected chi connectivity index (χ2v) is 15.0. The van der Waals surface area contributed by atoms with Crippen LogP contribution in [-0.2, 0) is 37.1 Å². The van der Waals surface area contributed by atoms with Gasteiger partial charge in [-0.05, 0) is 65.9 Å². The van der Waals surface area contributed by atoms with Gasteiger partial charge < -0.3 is 25.2 Å². The number of fused-ring (bicyclic) bond motifs is 3. The number of ketones is 1. The molecule has 54 heavy (non-hydrogen) atoms. The first-order valence-corrected chi connectivity index (χ1v) is 18.5. The minimum atomic E-state index is -0.889. The summed E-state index contributed by atoms with van der Waals surface area (Å²) in [7, 11) is 1.68. The first kappa shape index (κ1) is 37.0. The van der Waals surface area contributed by atoms with E-state index in [2.05, 4.69) is 46.6 Å². The number of rotatable bonds is 5. The van der Waals surface area contributed by atoms with E-state index in [1.807, 2.05) is 18.2 Å². The molecule has 1 aliphatic carbocycles. The summed E-state index contributed by atoms with van der Waals surface area (Å²) in [6.45, 7) is 5.01. The van der Waals surface area contributed by atoms with E-state index in [0.717, 1.165) is 11.1 Å². The number of nitrogens with one attached hydrogen (secondary N) is 2. The molecule has 1 saturated carbocycles. The van der Waals surface area contributed by atoms with Crippen LogP contribution in [0.5, 0.6) is 0 Å². The number of Topliss-reactive ketones (excluding diaryl/α,β-unsaturated/α-hetero) is 1. The van der Waals surface area contributed by atoms with Crippen molar-refractivity contribution in [2.45, 2.75) is 71.3 Å². The predicted molar refractivity (Wildman–Crippen MR) is 201 cm³/mol. The average Bonchev–Trinajstić information content (AvgIpc) is 3.53. The Hall–Kier alpha value is -5.35. The van der Waals surface area contributed by atoms with Crippen LogP contribution < -0.4 is 10.6 Å². The molecule has 16 heteroatoms. The first-order valence-electron chi connectivity index (χ1n) is 17.7. The van der Waals surface area contributed by atoms with Crippen LogP contribution in [0.2, 0.25) is 0 Å². The van der Waals surface area contributed by atoms with Crippen LogP contribution in [0.3, 0.4) is 0 Å². The Kier molecular flexibility index (Phi) is 10.2. The van der Waals surface area contributed by atoms with Gasteiger partial charge >= 0.3 is 0 Å². The highest BCUT2D eigenvalue weighted by Gasteiger charge is 2.67. The fourth-order valence-electron chi connectivity index (χ4n) is 7.64. The number of aryl methyl sites for hydroxylation is 1. The molecule has 0 radical (unpaired) electrons. The van der Waals surface area contributed by atoms with E-state index < -0.39 is 23.4 Å². The molecule has 1 saturated heterocycles. The second-order valence-electron chi connectivity index (χ2n) is 14.2. The van der Waals surface area contributed by atoms with Crippen molar-refractivity contribution in [1.29, 1.82) is 0 Å². The van der Waals surface area contributed by atoms with Crippen molar-refractivity contribution in [3.63, 3.8) is 0 Å². The van der Waals surface area contributed by atoms with Gasteiger partial charge in [0.05, 0.1) is 18.7 Å². The van der Waals surface area contributed by atoms with Gasteiger partial charge in [-0.15, -0.1) is 0 Å². The Morgan fingerprint density at radius 2 is 1.83 bits per heavy atom. The monoisotopic (exact) mass is 797 g/mol. The molecule has 4 aromatic rings. The van der Waals surface area contributed by atoms with Crippen LogP contribution in [-0.4, -0.2) is 102 Å². The van der Waals surface area contributed by atoms with Crippen LogP contribution >= 0.6 is 15.9 Å². The first-order chi connectivity index (χ1) is 25.8. The van der Waals surface area contributed by atoms with Gasteiger partial charge in [0, 0.05) is 67.8 Å². The number of hydrogen-bond donors (Lipinski definition) is 2. The minimum absolute atomic E-state index is 0.139. The predicted octanol–water partition coefficient (Wildman–Crippen LogP) is 3.60. The maximum Gasteiger partial charge on any atom is 0.248 e. The SMILES string of the molecule is CC(=O)N[C@H]1C/C=C/COCc2ccc(Br)nc2NC(=O)[C@@H]2C[C@]3(C[C@H]3N2C(=O)Cn2nc(C(C)=O)c3cc(-c4cnc(C)nc4)ccc32)CN(C)C1=O. The number of benzene rings is 1. The van der Waals surface area contributed by atoms with Crippen LogP contribution in [0, 0.1) is 12.3 Å². The third kappa shape index (κ3) is 7.40. The number of piperidine rings is 1. The van der Waals surface area contributed by atoms with Crippen molar-refractivity contribution in [2.75, 3.05) is 25.5 Å². The summed E-state index contributed by atoms with van der Waals surface area (Å²) in [6, 6.07) is 7.05. The molecule has 2 aliphatic heterocycles. The summed E-state index contributed by atoms with van der Waals surface area (Å²) < 4.78 is 7.87. The highest BCUT2D eigenvalue weighted by atomic mass is 79.9. The lowest BCUT2D eigenvalue weighted by molar-refractivity contribution is -0.138. The van der Waals surface area contributed by atoms with Gasteiger partial charge in [0.1, 0.15) is 40.6 Å². The van der Waals surface area contributed by atoms with E-state index >= 15 is 0 Å². The van der Waals surface area contributed by atoms with Crippen molar-refractivity contribution in [3.8, 4) is 11.1 Å². The van der Waals surface area contributed by atoms with E-state index in [9.17, 15) is 24.0 Å². The van der Waals surface area contributed by atoms with Crippen molar-refractivity contribution in [3.05, 3.63) is 76.6 Å². The lowest BCUT2D eigenvalue weighted by Gasteiger charge is -2.28. The Labute approximate surface area is 319 Å². The topological polar surface area (TPSA) is 182 Å². The van der Waals surface area contributed by atoms with Crippen molar-refractivity contribution < 1.29 is 28.7 Å². The molecule has 5 heterocycles.